The maximum absolute atomic E-state index is 12.8. The van der Waals surface area contributed by atoms with Crippen LogP contribution >= 0.6 is 0 Å². The molecule has 1 fully saturated rings. The summed E-state index contributed by atoms with van der Waals surface area (Å²) in [4.78, 5) is 14.5. The van der Waals surface area contributed by atoms with Crippen molar-refractivity contribution in [2.45, 2.75) is 12.8 Å². The van der Waals surface area contributed by atoms with Crippen molar-refractivity contribution in [3.63, 3.8) is 0 Å². The van der Waals surface area contributed by atoms with Crippen molar-refractivity contribution < 1.29 is 17.9 Å². The van der Waals surface area contributed by atoms with Crippen molar-refractivity contribution in [2.24, 2.45) is 5.92 Å². The lowest BCUT2D eigenvalue weighted by atomic mass is 9.95. The summed E-state index contributed by atoms with van der Waals surface area (Å²) in [6.45, 7) is 2.29. The van der Waals surface area contributed by atoms with Crippen LogP contribution in [0.5, 0.6) is 5.75 Å². The molecule has 0 unspecified atom stereocenters. The number of sulfonamides is 1. The molecule has 0 aromatic heterocycles. The van der Waals surface area contributed by atoms with E-state index < -0.39 is 10.0 Å². The molecule has 3 rings (SSSR count). The quantitative estimate of drug-likeness (QED) is 0.797. The van der Waals surface area contributed by atoms with Crippen LogP contribution in [0.25, 0.3) is 0 Å². The summed E-state index contributed by atoms with van der Waals surface area (Å²) in [7, 11) is -3.19. The molecule has 1 amide bonds. The maximum Gasteiger partial charge on any atom is 0.229 e. The number of benzene rings is 1. The van der Waals surface area contributed by atoms with E-state index in [-0.39, 0.29) is 11.8 Å². The van der Waals surface area contributed by atoms with Gasteiger partial charge in [-0.15, -0.1) is 0 Å². The summed E-state index contributed by atoms with van der Waals surface area (Å²) in [5.41, 5.74) is 1.06. The lowest BCUT2D eigenvalue weighted by molar-refractivity contribution is -0.136. The van der Waals surface area contributed by atoms with Crippen molar-refractivity contribution in [1.29, 1.82) is 0 Å². The molecule has 2 heterocycles. The normalized spacial score (nSPS) is 22.8. The lowest BCUT2D eigenvalue weighted by Crippen LogP contribution is -2.43. The maximum atomic E-state index is 12.8. The molecule has 1 aromatic rings. The third-order valence-corrected chi connectivity index (χ3v) is 5.77. The van der Waals surface area contributed by atoms with Gasteiger partial charge >= 0.3 is 0 Å². The molecule has 0 aliphatic carbocycles. The Bertz CT molecular complexity index is 689. The van der Waals surface area contributed by atoms with E-state index in [1.165, 1.54) is 10.6 Å². The van der Waals surface area contributed by atoms with E-state index in [1.54, 1.807) is 4.90 Å². The summed E-state index contributed by atoms with van der Waals surface area (Å²) < 4.78 is 30.5. The third kappa shape index (κ3) is 3.67. The van der Waals surface area contributed by atoms with Gasteiger partial charge in [-0.2, -0.15) is 0 Å². The number of para-hydroxylation sites is 1. The van der Waals surface area contributed by atoms with E-state index in [0.29, 0.717) is 45.6 Å². The predicted octanol–water partition coefficient (Wildman–Crippen LogP) is 0.732. The molecule has 0 spiro atoms. The number of amides is 1. The van der Waals surface area contributed by atoms with Crippen LogP contribution in [0, 0.1) is 5.92 Å². The van der Waals surface area contributed by atoms with Gasteiger partial charge in [-0.05, 0) is 24.5 Å². The molecule has 1 saturated heterocycles. The van der Waals surface area contributed by atoms with E-state index in [9.17, 15) is 13.2 Å². The van der Waals surface area contributed by atoms with Gasteiger partial charge in [0.15, 0.2) is 0 Å². The van der Waals surface area contributed by atoms with Gasteiger partial charge in [0.1, 0.15) is 12.4 Å². The number of nitrogens with zero attached hydrogens (tertiary/aromatic N) is 2. The monoisotopic (exact) mass is 338 g/mol. The van der Waals surface area contributed by atoms with Crippen LogP contribution in [0.15, 0.2) is 24.3 Å². The zero-order valence-electron chi connectivity index (χ0n) is 13.3. The fourth-order valence-electron chi connectivity index (χ4n) is 3.19. The molecule has 23 heavy (non-hydrogen) atoms. The van der Waals surface area contributed by atoms with Crippen LogP contribution in [0.1, 0.15) is 12.0 Å². The molecule has 0 saturated carbocycles. The summed E-state index contributed by atoms with van der Waals surface area (Å²) in [6, 6.07) is 7.79. The second kappa shape index (κ2) is 6.49. The molecule has 6 nitrogen and oxygen atoms in total. The molecule has 0 N–H and O–H groups in total. The van der Waals surface area contributed by atoms with E-state index in [2.05, 4.69) is 0 Å². The van der Waals surface area contributed by atoms with Crippen LogP contribution < -0.4 is 4.74 Å². The number of rotatable bonds is 2. The van der Waals surface area contributed by atoms with E-state index in [4.69, 9.17) is 4.74 Å². The van der Waals surface area contributed by atoms with Gasteiger partial charge < -0.3 is 9.64 Å². The molecule has 0 bridgehead atoms. The van der Waals surface area contributed by atoms with Crippen LogP contribution in [0.3, 0.4) is 0 Å². The average molecular weight is 338 g/mol. The van der Waals surface area contributed by atoms with E-state index in [0.717, 1.165) is 11.3 Å². The summed E-state index contributed by atoms with van der Waals surface area (Å²) >= 11 is 0. The highest BCUT2D eigenvalue weighted by atomic mass is 32.2. The standard InChI is InChI=1S/C16H22N2O4S/c1-23(20,21)18-8-4-7-17(9-10-18)16(19)14-11-13-5-2-3-6-15(13)22-12-14/h2-3,5-6,14H,4,7-12H2,1H3/t14-/m0/s1. The molecule has 1 aromatic carbocycles. The Labute approximate surface area is 137 Å². The summed E-state index contributed by atoms with van der Waals surface area (Å²) in [5.74, 6) is 0.736. The fourth-order valence-corrected chi connectivity index (χ4v) is 4.06. The minimum atomic E-state index is -3.19. The van der Waals surface area contributed by atoms with Crippen molar-refractivity contribution >= 4 is 15.9 Å². The Balaban J connectivity index is 1.65. The summed E-state index contributed by atoms with van der Waals surface area (Å²) in [5, 5.41) is 0. The highest BCUT2D eigenvalue weighted by molar-refractivity contribution is 7.88. The van der Waals surface area contributed by atoms with Gasteiger partial charge in [0.25, 0.3) is 0 Å². The molecule has 2 aliphatic rings. The van der Waals surface area contributed by atoms with E-state index >= 15 is 0 Å². The van der Waals surface area contributed by atoms with Gasteiger partial charge in [0, 0.05) is 26.2 Å². The number of fused-ring (bicyclic) bond motifs is 1. The third-order valence-electron chi connectivity index (χ3n) is 4.46. The SMILES string of the molecule is CS(=O)(=O)N1CCCN(C(=O)[C@@H]2COc3ccccc3C2)CC1. The van der Waals surface area contributed by atoms with Gasteiger partial charge in [-0.3, -0.25) is 4.79 Å². The van der Waals surface area contributed by atoms with Crippen LogP contribution in [0.4, 0.5) is 0 Å². The smallest absolute Gasteiger partial charge is 0.229 e. The van der Waals surface area contributed by atoms with Crippen molar-refractivity contribution in [3.8, 4) is 5.75 Å². The second-order valence-corrected chi connectivity index (χ2v) is 8.14. The molecule has 1 atom stereocenters. The molecular weight excluding hydrogens is 316 g/mol. The average Bonchev–Trinajstić information content (AvgIpc) is 2.79. The van der Waals surface area contributed by atoms with Crippen LogP contribution in [0.2, 0.25) is 0 Å². The Hall–Kier alpha value is -1.60. The topological polar surface area (TPSA) is 66.9 Å². The number of ether oxygens (including phenoxy) is 1. The molecule has 7 heteroatoms. The van der Waals surface area contributed by atoms with Crippen molar-refractivity contribution in [1.82, 2.24) is 9.21 Å². The first-order valence-electron chi connectivity index (χ1n) is 7.90. The zero-order chi connectivity index (χ0) is 16.4. The molecule has 2 aliphatic heterocycles. The lowest BCUT2D eigenvalue weighted by Gasteiger charge is -2.29. The minimum absolute atomic E-state index is 0.0647. The van der Waals surface area contributed by atoms with Crippen LogP contribution in [-0.2, 0) is 21.2 Å². The van der Waals surface area contributed by atoms with Gasteiger partial charge in [0.05, 0.1) is 12.2 Å². The second-order valence-electron chi connectivity index (χ2n) is 6.16. The number of hydrogen-bond donors (Lipinski definition) is 0. The van der Waals surface area contributed by atoms with Gasteiger partial charge in [0.2, 0.25) is 15.9 Å². The Morgan fingerprint density at radius 1 is 1.17 bits per heavy atom. The Morgan fingerprint density at radius 2 is 1.96 bits per heavy atom. The number of hydrogen-bond acceptors (Lipinski definition) is 4. The van der Waals surface area contributed by atoms with Gasteiger partial charge in [-0.1, -0.05) is 18.2 Å². The highest BCUT2D eigenvalue weighted by Gasteiger charge is 2.31. The summed E-state index contributed by atoms with van der Waals surface area (Å²) in [6.07, 6.45) is 2.57. The minimum Gasteiger partial charge on any atom is -0.492 e. The molecule has 126 valence electrons. The van der Waals surface area contributed by atoms with Crippen molar-refractivity contribution in [3.05, 3.63) is 29.8 Å². The van der Waals surface area contributed by atoms with E-state index in [1.807, 2.05) is 24.3 Å². The first-order valence-corrected chi connectivity index (χ1v) is 9.74. The highest BCUT2D eigenvalue weighted by Crippen LogP contribution is 2.28. The molecular formula is C16H22N2O4S. The number of carbonyl (C=O) groups is 1. The number of carbonyl (C=O) groups excluding carboxylic acids is 1. The Kier molecular flexibility index (Phi) is 4.59. The predicted molar refractivity (Wildman–Crippen MR) is 86.7 cm³/mol. The van der Waals surface area contributed by atoms with Gasteiger partial charge in [-0.25, -0.2) is 12.7 Å². The first kappa shape index (κ1) is 16.3. The first-order chi connectivity index (χ1) is 10.9. The van der Waals surface area contributed by atoms with Crippen LogP contribution in [-0.4, -0.2) is 62.6 Å². The largest absolute Gasteiger partial charge is 0.492 e. The molecule has 0 radical (unpaired) electrons. The zero-order valence-corrected chi connectivity index (χ0v) is 14.1. The fraction of sp³-hybridized carbons (Fsp3) is 0.562. The Morgan fingerprint density at radius 3 is 2.74 bits per heavy atom. The van der Waals surface area contributed by atoms with Crippen molar-refractivity contribution in [2.75, 3.05) is 39.0 Å².